The van der Waals surface area contributed by atoms with Gasteiger partial charge in [0.05, 0.1) is 11.9 Å². The minimum absolute atomic E-state index is 0.283. The summed E-state index contributed by atoms with van der Waals surface area (Å²) in [5.74, 6) is -0.283. The van der Waals surface area contributed by atoms with Crippen LogP contribution in [0.15, 0.2) is 67.0 Å². The second kappa shape index (κ2) is 6.70. The van der Waals surface area contributed by atoms with E-state index in [1.54, 1.807) is 6.20 Å². The number of aryl methyl sites for hydroxylation is 1. The highest BCUT2D eigenvalue weighted by atomic mass is 16.1. The number of rotatable bonds is 4. The molecule has 0 fully saturated rings. The van der Waals surface area contributed by atoms with Crippen LogP contribution < -0.4 is 10.6 Å². The lowest BCUT2D eigenvalue weighted by Crippen LogP contribution is -2.14. The Morgan fingerprint density at radius 1 is 0.870 bits per heavy atom. The topological polar surface area (TPSA) is 66.9 Å². The molecule has 1 aromatic heterocycles. The van der Waals surface area contributed by atoms with Gasteiger partial charge in [-0.2, -0.15) is 0 Å². The maximum atomic E-state index is 12.2. The zero-order chi connectivity index (χ0) is 16.1. The molecule has 1 amide bonds. The second-order valence-electron chi connectivity index (χ2n) is 5.07. The molecule has 0 spiro atoms. The molecule has 114 valence electrons. The van der Waals surface area contributed by atoms with Crippen LogP contribution in [0.3, 0.4) is 0 Å². The van der Waals surface area contributed by atoms with Crippen molar-refractivity contribution in [3.8, 4) is 0 Å². The van der Waals surface area contributed by atoms with Gasteiger partial charge in [0, 0.05) is 23.3 Å². The van der Waals surface area contributed by atoms with Crippen LogP contribution in [0.2, 0.25) is 0 Å². The van der Waals surface area contributed by atoms with Gasteiger partial charge in [0.2, 0.25) is 0 Å². The lowest BCUT2D eigenvalue weighted by molar-refractivity contribution is 0.102. The first-order valence-corrected chi connectivity index (χ1v) is 7.23. The van der Waals surface area contributed by atoms with E-state index in [4.69, 9.17) is 0 Å². The van der Waals surface area contributed by atoms with Crippen molar-refractivity contribution in [1.82, 2.24) is 9.97 Å². The Kier molecular flexibility index (Phi) is 4.29. The second-order valence-corrected chi connectivity index (χ2v) is 5.07. The van der Waals surface area contributed by atoms with E-state index in [9.17, 15) is 4.79 Å². The summed E-state index contributed by atoms with van der Waals surface area (Å²) in [6.07, 6.45) is 3.04. The van der Waals surface area contributed by atoms with Crippen molar-refractivity contribution in [3.05, 3.63) is 78.4 Å². The van der Waals surface area contributed by atoms with Crippen LogP contribution in [-0.2, 0) is 0 Å². The number of hydrogen-bond donors (Lipinski definition) is 2. The van der Waals surface area contributed by atoms with Gasteiger partial charge >= 0.3 is 0 Å². The standard InChI is InChI=1S/C18H16N4O/c1-13-11-20-17(12-19-13)18(23)22-16-9-5-8-15(10-16)21-14-6-3-2-4-7-14/h2-12,21H,1H3,(H,22,23). The maximum Gasteiger partial charge on any atom is 0.275 e. The predicted molar refractivity (Wildman–Crippen MR) is 90.9 cm³/mol. The summed E-state index contributed by atoms with van der Waals surface area (Å²) in [4.78, 5) is 20.3. The first kappa shape index (κ1) is 14.7. The Morgan fingerprint density at radius 3 is 2.35 bits per heavy atom. The summed E-state index contributed by atoms with van der Waals surface area (Å²) in [5.41, 5.74) is 3.63. The van der Waals surface area contributed by atoms with E-state index in [1.807, 2.05) is 61.5 Å². The SMILES string of the molecule is Cc1cnc(C(=O)Nc2cccc(Nc3ccccc3)c2)cn1. The fourth-order valence-electron chi connectivity index (χ4n) is 2.07. The highest BCUT2D eigenvalue weighted by Crippen LogP contribution is 2.20. The van der Waals surface area contributed by atoms with Crippen molar-refractivity contribution in [3.63, 3.8) is 0 Å². The van der Waals surface area contributed by atoms with Gasteiger partial charge in [-0.3, -0.25) is 9.78 Å². The van der Waals surface area contributed by atoms with Crippen molar-refractivity contribution in [1.29, 1.82) is 0 Å². The van der Waals surface area contributed by atoms with E-state index < -0.39 is 0 Å². The molecular weight excluding hydrogens is 288 g/mol. The Labute approximate surface area is 134 Å². The molecule has 5 heteroatoms. The van der Waals surface area contributed by atoms with Crippen molar-refractivity contribution >= 4 is 23.0 Å². The van der Waals surface area contributed by atoms with E-state index in [0.29, 0.717) is 5.69 Å². The van der Waals surface area contributed by atoms with Crippen molar-refractivity contribution < 1.29 is 4.79 Å². The summed E-state index contributed by atoms with van der Waals surface area (Å²) in [5, 5.41) is 6.11. The minimum Gasteiger partial charge on any atom is -0.355 e. The third kappa shape index (κ3) is 3.91. The van der Waals surface area contributed by atoms with E-state index in [1.165, 1.54) is 6.20 Å². The van der Waals surface area contributed by atoms with Crippen LogP contribution in [0.25, 0.3) is 0 Å². The van der Waals surface area contributed by atoms with Crippen LogP contribution in [0, 0.1) is 6.92 Å². The zero-order valence-electron chi connectivity index (χ0n) is 12.7. The Bertz CT molecular complexity index is 801. The molecule has 0 saturated carbocycles. The normalized spacial score (nSPS) is 10.1. The molecule has 1 heterocycles. The number of hydrogen-bond acceptors (Lipinski definition) is 4. The summed E-state index contributed by atoms with van der Waals surface area (Å²) in [7, 11) is 0. The first-order valence-electron chi connectivity index (χ1n) is 7.23. The lowest BCUT2D eigenvalue weighted by Gasteiger charge is -2.09. The van der Waals surface area contributed by atoms with Gasteiger partial charge < -0.3 is 10.6 Å². The van der Waals surface area contributed by atoms with E-state index in [0.717, 1.165) is 17.1 Å². The van der Waals surface area contributed by atoms with Crippen molar-refractivity contribution in [2.45, 2.75) is 6.92 Å². The fourth-order valence-corrected chi connectivity index (χ4v) is 2.07. The smallest absolute Gasteiger partial charge is 0.275 e. The van der Waals surface area contributed by atoms with Gasteiger partial charge in [-0.15, -0.1) is 0 Å². The molecule has 0 aliphatic rings. The van der Waals surface area contributed by atoms with Gasteiger partial charge in [0.25, 0.3) is 5.91 Å². The van der Waals surface area contributed by atoms with Crippen LogP contribution in [0.1, 0.15) is 16.2 Å². The summed E-state index contributed by atoms with van der Waals surface area (Å²) < 4.78 is 0. The quantitative estimate of drug-likeness (QED) is 0.769. The number of benzene rings is 2. The molecule has 23 heavy (non-hydrogen) atoms. The molecule has 0 aliphatic heterocycles. The van der Waals surface area contributed by atoms with Crippen LogP contribution in [0.5, 0.6) is 0 Å². The molecule has 2 aromatic carbocycles. The van der Waals surface area contributed by atoms with E-state index in [-0.39, 0.29) is 11.6 Å². The number of aromatic nitrogens is 2. The highest BCUT2D eigenvalue weighted by molar-refractivity contribution is 6.02. The molecule has 0 radical (unpaired) electrons. The number of anilines is 3. The van der Waals surface area contributed by atoms with Gasteiger partial charge in [0.15, 0.2) is 0 Å². The summed E-state index contributed by atoms with van der Waals surface area (Å²) >= 11 is 0. The van der Waals surface area contributed by atoms with Gasteiger partial charge in [-0.25, -0.2) is 4.98 Å². The third-order valence-electron chi connectivity index (χ3n) is 3.20. The van der Waals surface area contributed by atoms with Gasteiger partial charge in [-0.1, -0.05) is 24.3 Å². The Morgan fingerprint density at radius 2 is 1.61 bits per heavy atom. The minimum atomic E-state index is -0.283. The molecular formula is C18H16N4O. The number of amides is 1. The lowest BCUT2D eigenvalue weighted by atomic mass is 10.2. The zero-order valence-corrected chi connectivity index (χ0v) is 12.7. The van der Waals surface area contributed by atoms with Crippen LogP contribution >= 0.6 is 0 Å². The number of nitrogens with zero attached hydrogens (tertiary/aromatic N) is 2. The fraction of sp³-hybridized carbons (Fsp3) is 0.0556. The molecule has 0 saturated heterocycles. The maximum absolute atomic E-state index is 12.2. The monoisotopic (exact) mass is 304 g/mol. The molecule has 2 N–H and O–H groups in total. The average molecular weight is 304 g/mol. The number of carbonyl (C=O) groups excluding carboxylic acids is 1. The molecule has 0 unspecified atom stereocenters. The van der Waals surface area contributed by atoms with Crippen LogP contribution in [0.4, 0.5) is 17.1 Å². The molecule has 0 bridgehead atoms. The largest absolute Gasteiger partial charge is 0.355 e. The average Bonchev–Trinajstić information content (AvgIpc) is 2.57. The van der Waals surface area contributed by atoms with Gasteiger partial charge in [-0.05, 0) is 37.3 Å². The van der Waals surface area contributed by atoms with Gasteiger partial charge in [0.1, 0.15) is 5.69 Å². The van der Waals surface area contributed by atoms with Crippen molar-refractivity contribution in [2.24, 2.45) is 0 Å². The first-order chi connectivity index (χ1) is 11.2. The molecule has 0 aliphatic carbocycles. The summed E-state index contributed by atoms with van der Waals surface area (Å²) in [6, 6.07) is 17.4. The number of nitrogens with one attached hydrogen (secondary N) is 2. The number of para-hydroxylation sites is 1. The third-order valence-corrected chi connectivity index (χ3v) is 3.20. The predicted octanol–water partition coefficient (Wildman–Crippen LogP) is 3.78. The molecule has 3 rings (SSSR count). The number of carbonyl (C=O) groups is 1. The molecule has 0 atom stereocenters. The Hall–Kier alpha value is -3.21. The van der Waals surface area contributed by atoms with E-state index >= 15 is 0 Å². The van der Waals surface area contributed by atoms with Crippen LogP contribution in [-0.4, -0.2) is 15.9 Å². The molecule has 5 nitrogen and oxygen atoms in total. The molecule has 3 aromatic rings. The highest BCUT2D eigenvalue weighted by Gasteiger charge is 2.08. The van der Waals surface area contributed by atoms with E-state index in [2.05, 4.69) is 20.6 Å². The van der Waals surface area contributed by atoms with Crippen molar-refractivity contribution in [2.75, 3.05) is 10.6 Å². The Balaban J connectivity index is 1.72. The summed E-state index contributed by atoms with van der Waals surface area (Å²) in [6.45, 7) is 1.83.